The van der Waals surface area contributed by atoms with Crippen molar-refractivity contribution in [1.29, 1.82) is 0 Å². The number of ketones is 1. The van der Waals surface area contributed by atoms with Crippen molar-refractivity contribution in [1.82, 2.24) is 4.90 Å². The van der Waals surface area contributed by atoms with Crippen molar-refractivity contribution in [2.75, 3.05) is 32.8 Å². The minimum absolute atomic E-state index is 0.169. The second-order valence-electron chi connectivity index (χ2n) is 5.32. The Labute approximate surface area is 120 Å². The maximum atomic E-state index is 12.0. The predicted molar refractivity (Wildman–Crippen MR) is 79.6 cm³/mol. The third kappa shape index (κ3) is 5.04. The number of nitrogens with zero attached hydrogens (tertiary/aromatic N) is 1. The maximum absolute atomic E-state index is 12.0. The van der Waals surface area contributed by atoms with Gasteiger partial charge in [0.1, 0.15) is 5.78 Å². The summed E-state index contributed by atoms with van der Waals surface area (Å²) in [4.78, 5) is 14.4. The Morgan fingerprint density at radius 1 is 1.25 bits per heavy atom. The van der Waals surface area contributed by atoms with Gasteiger partial charge >= 0.3 is 0 Å². The number of benzene rings is 1. The van der Waals surface area contributed by atoms with Gasteiger partial charge in [0.05, 0.1) is 19.3 Å². The highest BCUT2D eigenvalue weighted by Gasteiger charge is 2.15. The van der Waals surface area contributed by atoms with E-state index in [2.05, 4.69) is 4.90 Å². The summed E-state index contributed by atoms with van der Waals surface area (Å²) in [6.45, 7) is 4.53. The quantitative estimate of drug-likeness (QED) is 0.814. The van der Waals surface area contributed by atoms with E-state index in [9.17, 15) is 4.79 Å². The van der Waals surface area contributed by atoms with Gasteiger partial charge in [-0.25, -0.2) is 0 Å². The van der Waals surface area contributed by atoms with E-state index in [-0.39, 0.29) is 11.8 Å². The van der Waals surface area contributed by atoms with Gasteiger partial charge in [0.15, 0.2) is 0 Å². The summed E-state index contributed by atoms with van der Waals surface area (Å²) in [6.07, 6.45) is 2.10. The molecule has 0 bridgehead atoms. The highest BCUT2D eigenvalue weighted by Crippen LogP contribution is 2.06. The summed E-state index contributed by atoms with van der Waals surface area (Å²) < 4.78 is 5.30. The van der Waals surface area contributed by atoms with Crippen molar-refractivity contribution in [2.24, 2.45) is 5.73 Å². The molecule has 0 spiro atoms. The molecule has 1 aliphatic rings. The summed E-state index contributed by atoms with van der Waals surface area (Å²) >= 11 is 0. The van der Waals surface area contributed by atoms with Crippen LogP contribution in [0.1, 0.15) is 18.4 Å². The molecular formula is C16H24N2O2. The van der Waals surface area contributed by atoms with Crippen LogP contribution in [0.4, 0.5) is 0 Å². The summed E-state index contributed by atoms with van der Waals surface area (Å²) in [7, 11) is 0. The molecule has 20 heavy (non-hydrogen) atoms. The molecular weight excluding hydrogens is 252 g/mol. The van der Waals surface area contributed by atoms with Crippen molar-refractivity contribution >= 4 is 5.78 Å². The maximum Gasteiger partial charge on any atom is 0.149 e. The lowest BCUT2D eigenvalue weighted by atomic mass is 10.0. The minimum atomic E-state index is -0.373. The fourth-order valence-corrected chi connectivity index (χ4v) is 2.47. The first-order valence-electron chi connectivity index (χ1n) is 7.38. The number of nitrogens with two attached hydrogens (primary N) is 1. The van der Waals surface area contributed by atoms with Crippen LogP contribution in [-0.4, -0.2) is 49.6 Å². The molecule has 4 nitrogen and oxygen atoms in total. The smallest absolute Gasteiger partial charge is 0.149 e. The van der Waals surface area contributed by atoms with Gasteiger partial charge in [-0.2, -0.15) is 0 Å². The molecule has 1 atom stereocenters. The summed E-state index contributed by atoms with van der Waals surface area (Å²) in [5.41, 5.74) is 7.11. The zero-order valence-corrected chi connectivity index (χ0v) is 12.0. The molecule has 1 aromatic carbocycles. The molecule has 110 valence electrons. The fraction of sp³-hybridized carbons (Fsp3) is 0.562. The molecule has 2 N–H and O–H groups in total. The van der Waals surface area contributed by atoms with Gasteiger partial charge in [-0.1, -0.05) is 30.3 Å². The first kappa shape index (κ1) is 15.2. The summed E-state index contributed by atoms with van der Waals surface area (Å²) in [6, 6.07) is 9.58. The van der Waals surface area contributed by atoms with Gasteiger partial charge in [0, 0.05) is 19.5 Å². The van der Waals surface area contributed by atoms with E-state index in [1.807, 2.05) is 30.3 Å². The minimum Gasteiger partial charge on any atom is -0.379 e. The average molecular weight is 276 g/mol. The van der Waals surface area contributed by atoms with Crippen LogP contribution in [-0.2, 0) is 16.0 Å². The van der Waals surface area contributed by atoms with Crippen molar-refractivity contribution in [3.8, 4) is 0 Å². The van der Waals surface area contributed by atoms with E-state index in [0.717, 1.165) is 44.8 Å². The first-order valence-corrected chi connectivity index (χ1v) is 7.38. The van der Waals surface area contributed by atoms with E-state index in [4.69, 9.17) is 10.5 Å². The Morgan fingerprint density at radius 3 is 2.65 bits per heavy atom. The number of rotatable bonds is 7. The summed E-state index contributed by atoms with van der Waals surface area (Å²) in [5.74, 6) is 0.169. The molecule has 2 rings (SSSR count). The SMILES string of the molecule is N[C@@H](Cc1ccccc1)C(=O)CCCN1CCOCC1. The molecule has 1 aliphatic heterocycles. The first-order chi connectivity index (χ1) is 9.75. The van der Waals surface area contributed by atoms with Crippen molar-refractivity contribution in [3.63, 3.8) is 0 Å². The highest BCUT2D eigenvalue weighted by molar-refractivity contribution is 5.84. The van der Waals surface area contributed by atoms with Crippen LogP contribution in [0.3, 0.4) is 0 Å². The molecule has 4 heteroatoms. The third-order valence-electron chi connectivity index (χ3n) is 3.71. The van der Waals surface area contributed by atoms with Gasteiger partial charge in [-0.3, -0.25) is 9.69 Å². The number of carbonyl (C=O) groups is 1. The second-order valence-corrected chi connectivity index (χ2v) is 5.32. The zero-order chi connectivity index (χ0) is 14.2. The standard InChI is InChI=1S/C16H24N2O2/c17-15(13-14-5-2-1-3-6-14)16(19)7-4-8-18-9-11-20-12-10-18/h1-3,5-6,15H,4,7-13,17H2/t15-/m0/s1. The number of carbonyl (C=O) groups excluding carboxylic acids is 1. The van der Waals surface area contributed by atoms with Crippen LogP contribution in [0.15, 0.2) is 30.3 Å². The van der Waals surface area contributed by atoms with E-state index in [1.165, 1.54) is 0 Å². The van der Waals surface area contributed by atoms with Crippen LogP contribution in [0.25, 0.3) is 0 Å². The van der Waals surface area contributed by atoms with Gasteiger partial charge < -0.3 is 10.5 Å². The molecule has 1 fully saturated rings. The van der Waals surface area contributed by atoms with Crippen molar-refractivity contribution in [2.45, 2.75) is 25.3 Å². The van der Waals surface area contributed by atoms with Crippen molar-refractivity contribution in [3.05, 3.63) is 35.9 Å². The Hall–Kier alpha value is -1.23. The molecule has 1 aromatic rings. The molecule has 0 amide bonds. The van der Waals surface area contributed by atoms with E-state index >= 15 is 0 Å². The molecule has 0 radical (unpaired) electrons. The number of morpholine rings is 1. The zero-order valence-electron chi connectivity index (χ0n) is 12.0. The molecule has 0 aromatic heterocycles. The van der Waals surface area contributed by atoms with E-state index in [0.29, 0.717) is 12.8 Å². The summed E-state index contributed by atoms with van der Waals surface area (Å²) in [5, 5.41) is 0. The monoisotopic (exact) mass is 276 g/mol. The predicted octanol–water partition coefficient (Wildman–Crippen LogP) is 1.24. The third-order valence-corrected chi connectivity index (χ3v) is 3.71. The number of hydrogen-bond donors (Lipinski definition) is 1. The lowest BCUT2D eigenvalue weighted by molar-refractivity contribution is -0.120. The molecule has 1 heterocycles. The topological polar surface area (TPSA) is 55.6 Å². The Morgan fingerprint density at radius 2 is 1.95 bits per heavy atom. The molecule has 1 saturated heterocycles. The lowest BCUT2D eigenvalue weighted by Gasteiger charge is -2.26. The lowest BCUT2D eigenvalue weighted by Crippen LogP contribution is -2.38. The van der Waals surface area contributed by atoms with Crippen LogP contribution in [0.5, 0.6) is 0 Å². The van der Waals surface area contributed by atoms with Crippen molar-refractivity contribution < 1.29 is 9.53 Å². The van der Waals surface area contributed by atoms with E-state index < -0.39 is 0 Å². The molecule has 0 unspecified atom stereocenters. The fourth-order valence-electron chi connectivity index (χ4n) is 2.47. The normalized spacial score (nSPS) is 17.9. The molecule has 0 saturated carbocycles. The van der Waals surface area contributed by atoms with Crippen LogP contribution >= 0.6 is 0 Å². The Bertz CT molecular complexity index is 402. The van der Waals surface area contributed by atoms with Gasteiger partial charge in [-0.15, -0.1) is 0 Å². The Kier molecular flexibility index (Phi) is 6.18. The van der Waals surface area contributed by atoms with Crippen LogP contribution in [0.2, 0.25) is 0 Å². The number of ether oxygens (including phenoxy) is 1. The Balaban J connectivity index is 1.66. The largest absolute Gasteiger partial charge is 0.379 e. The van der Waals surface area contributed by atoms with Gasteiger partial charge in [0.2, 0.25) is 0 Å². The van der Waals surface area contributed by atoms with Crippen LogP contribution < -0.4 is 5.73 Å². The average Bonchev–Trinajstić information content (AvgIpc) is 2.49. The van der Waals surface area contributed by atoms with Crippen LogP contribution in [0, 0.1) is 0 Å². The van der Waals surface area contributed by atoms with E-state index in [1.54, 1.807) is 0 Å². The number of Topliss-reactive ketones (excluding diaryl/α,β-unsaturated/α-hetero) is 1. The van der Waals surface area contributed by atoms with Gasteiger partial charge in [0.25, 0.3) is 0 Å². The highest BCUT2D eigenvalue weighted by atomic mass is 16.5. The molecule has 0 aliphatic carbocycles. The van der Waals surface area contributed by atoms with Gasteiger partial charge in [-0.05, 0) is 24.9 Å². The second kappa shape index (κ2) is 8.15. The number of hydrogen-bond acceptors (Lipinski definition) is 4.